The second-order valence-electron chi connectivity index (χ2n) is 5.76. The Labute approximate surface area is 146 Å². The van der Waals surface area contributed by atoms with E-state index in [2.05, 4.69) is 0 Å². The first kappa shape index (κ1) is 17.0. The number of rotatable bonds is 5. The molecule has 2 aromatic carbocycles. The fraction of sp³-hybridized carbons (Fsp3) is 0.278. The third kappa shape index (κ3) is 4.19. The number of nitrogens with zero attached hydrogens (tertiary/aromatic N) is 1. The van der Waals surface area contributed by atoms with Gasteiger partial charge < -0.3 is 4.90 Å². The average Bonchev–Trinajstić information content (AvgIpc) is 2.95. The van der Waals surface area contributed by atoms with Crippen LogP contribution in [0.5, 0.6) is 0 Å². The first-order chi connectivity index (χ1) is 11.6. The van der Waals surface area contributed by atoms with Crippen LogP contribution in [0.15, 0.2) is 65.6 Å². The molecule has 4 nitrogen and oxygen atoms in total. The van der Waals surface area contributed by atoms with E-state index in [1.807, 2.05) is 60.7 Å². The van der Waals surface area contributed by atoms with E-state index >= 15 is 0 Å². The molecule has 0 aliphatic carbocycles. The van der Waals surface area contributed by atoms with Crippen molar-refractivity contribution in [3.63, 3.8) is 0 Å². The number of para-hydroxylation sites is 1. The average molecular weight is 361 g/mol. The molecular weight excluding hydrogens is 342 g/mol. The number of hydrogen-bond donors (Lipinski definition) is 0. The van der Waals surface area contributed by atoms with Crippen LogP contribution in [0.25, 0.3) is 0 Å². The summed E-state index contributed by atoms with van der Waals surface area (Å²) in [5.74, 6) is 0.427. The predicted molar refractivity (Wildman–Crippen MR) is 98.2 cm³/mol. The quantitative estimate of drug-likeness (QED) is 0.768. The number of carbonyl (C=O) groups excluding carboxylic acids is 1. The number of carbonyl (C=O) groups is 1. The minimum absolute atomic E-state index is 0.0453. The number of hydrogen-bond acceptors (Lipinski definition) is 4. The van der Waals surface area contributed by atoms with Crippen LogP contribution >= 0.6 is 11.8 Å². The Morgan fingerprint density at radius 3 is 2.25 bits per heavy atom. The lowest BCUT2D eigenvalue weighted by atomic mass is 10.2. The van der Waals surface area contributed by atoms with E-state index < -0.39 is 9.84 Å². The van der Waals surface area contributed by atoms with Crippen LogP contribution in [0.1, 0.15) is 6.42 Å². The van der Waals surface area contributed by atoms with E-state index in [0.717, 1.165) is 10.6 Å². The van der Waals surface area contributed by atoms with Crippen molar-refractivity contribution >= 4 is 33.2 Å². The lowest BCUT2D eigenvalue weighted by molar-refractivity contribution is -0.116. The zero-order chi connectivity index (χ0) is 17.0. The van der Waals surface area contributed by atoms with Gasteiger partial charge in [0.05, 0.1) is 23.3 Å². The summed E-state index contributed by atoms with van der Waals surface area (Å²) >= 11 is 1.47. The van der Waals surface area contributed by atoms with Crippen molar-refractivity contribution in [2.24, 2.45) is 0 Å². The standard InChI is InChI=1S/C18H19NO3S2/c20-18(13-23-17-9-5-2-6-10-17)19(15-7-3-1-4-8-15)16-11-12-24(21,22)14-16/h1-10,16H,11-14H2/t16-/m0/s1. The lowest BCUT2D eigenvalue weighted by Crippen LogP contribution is -2.42. The van der Waals surface area contributed by atoms with Crippen LogP contribution in [-0.4, -0.2) is 37.6 Å². The van der Waals surface area contributed by atoms with Crippen LogP contribution in [0.2, 0.25) is 0 Å². The van der Waals surface area contributed by atoms with Crippen molar-refractivity contribution in [3.8, 4) is 0 Å². The zero-order valence-corrected chi connectivity index (χ0v) is 14.8. The molecule has 0 bridgehead atoms. The molecule has 1 aliphatic rings. The molecule has 1 amide bonds. The van der Waals surface area contributed by atoms with E-state index in [9.17, 15) is 13.2 Å². The highest BCUT2D eigenvalue weighted by Gasteiger charge is 2.35. The van der Waals surface area contributed by atoms with Gasteiger partial charge >= 0.3 is 0 Å². The Bertz CT molecular complexity index is 792. The van der Waals surface area contributed by atoms with E-state index in [1.165, 1.54) is 11.8 Å². The second kappa shape index (κ2) is 7.40. The summed E-state index contributed by atoms with van der Waals surface area (Å²) in [5, 5.41) is 0. The maximum absolute atomic E-state index is 12.8. The van der Waals surface area contributed by atoms with Gasteiger partial charge in [-0.15, -0.1) is 11.8 Å². The number of amides is 1. The monoisotopic (exact) mass is 361 g/mol. The fourth-order valence-electron chi connectivity index (χ4n) is 2.86. The van der Waals surface area contributed by atoms with Crippen molar-refractivity contribution in [1.82, 2.24) is 0 Å². The summed E-state index contributed by atoms with van der Waals surface area (Å²) in [6.45, 7) is 0. The van der Waals surface area contributed by atoms with Crippen molar-refractivity contribution in [2.75, 3.05) is 22.2 Å². The summed E-state index contributed by atoms with van der Waals surface area (Å²) in [7, 11) is -3.05. The highest BCUT2D eigenvalue weighted by atomic mass is 32.2. The van der Waals surface area contributed by atoms with Crippen molar-refractivity contribution in [1.29, 1.82) is 0 Å². The molecule has 1 saturated heterocycles. The van der Waals surface area contributed by atoms with Gasteiger partial charge in [-0.25, -0.2) is 8.42 Å². The molecule has 3 rings (SSSR count). The Balaban J connectivity index is 1.78. The molecule has 0 aromatic heterocycles. The van der Waals surface area contributed by atoms with E-state index in [1.54, 1.807) is 4.90 Å². The fourth-order valence-corrected chi connectivity index (χ4v) is 5.34. The van der Waals surface area contributed by atoms with Gasteiger partial charge in [0.2, 0.25) is 5.91 Å². The van der Waals surface area contributed by atoms with Crippen LogP contribution in [0, 0.1) is 0 Å². The summed E-state index contributed by atoms with van der Waals surface area (Å²) in [6.07, 6.45) is 0.499. The number of benzene rings is 2. The molecule has 0 N–H and O–H groups in total. The Morgan fingerprint density at radius 1 is 1.04 bits per heavy atom. The molecule has 6 heteroatoms. The van der Waals surface area contributed by atoms with Gasteiger partial charge in [-0.2, -0.15) is 0 Å². The molecule has 1 aliphatic heterocycles. The van der Waals surface area contributed by atoms with Crippen molar-refractivity contribution in [3.05, 3.63) is 60.7 Å². The number of anilines is 1. The Kier molecular flexibility index (Phi) is 5.26. The maximum Gasteiger partial charge on any atom is 0.237 e. The first-order valence-electron chi connectivity index (χ1n) is 7.80. The number of sulfone groups is 1. The van der Waals surface area contributed by atoms with Crippen LogP contribution in [0.4, 0.5) is 5.69 Å². The van der Waals surface area contributed by atoms with Gasteiger partial charge in [0, 0.05) is 10.6 Å². The Morgan fingerprint density at radius 2 is 1.67 bits per heavy atom. The summed E-state index contributed by atoms with van der Waals surface area (Å²) in [4.78, 5) is 15.5. The van der Waals surface area contributed by atoms with Gasteiger partial charge in [-0.05, 0) is 30.7 Å². The normalized spacial score (nSPS) is 19.1. The second-order valence-corrected chi connectivity index (χ2v) is 9.04. The van der Waals surface area contributed by atoms with Crippen LogP contribution in [-0.2, 0) is 14.6 Å². The molecule has 1 atom stereocenters. The Hall–Kier alpha value is -1.79. The van der Waals surface area contributed by atoms with Gasteiger partial charge in [0.15, 0.2) is 9.84 Å². The smallest absolute Gasteiger partial charge is 0.237 e. The maximum atomic E-state index is 12.8. The predicted octanol–water partition coefficient (Wildman–Crippen LogP) is 3.00. The molecule has 24 heavy (non-hydrogen) atoms. The molecule has 2 aromatic rings. The molecule has 0 saturated carbocycles. The summed E-state index contributed by atoms with van der Waals surface area (Å²) in [6, 6.07) is 18.8. The minimum Gasteiger partial charge on any atom is -0.308 e. The van der Waals surface area contributed by atoms with Crippen LogP contribution in [0.3, 0.4) is 0 Å². The number of thioether (sulfide) groups is 1. The SMILES string of the molecule is O=C(CSc1ccccc1)N(c1ccccc1)[C@H]1CCS(=O)(=O)C1. The minimum atomic E-state index is -3.05. The van der Waals surface area contributed by atoms with E-state index in [-0.39, 0.29) is 29.2 Å². The highest BCUT2D eigenvalue weighted by Crippen LogP contribution is 2.26. The molecule has 0 unspecified atom stereocenters. The van der Waals surface area contributed by atoms with Crippen molar-refractivity contribution in [2.45, 2.75) is 17.4 Å². The van der Waals surface area contributed by atoms with Gasteiger partial charge in [-0.3, -0.25) is 4.79 Å². The third-order valence-corrected chi connectivity index (χ3v) is 6.73. The molecule has 1 fully saturated rings. The topological polar surface area (TPSA) is 54.5 Å². The molecule has 0 radical (unpaired) electrons. The van der Waals surface area contributed by atoms with E-state index in [4.69, 9.17) is 0 Å². The largest absolute Gasteiger partial charge is 0.308 e. The first-order valence-corrected chi connectivity index (χ1v) is 10.6. The van der Waals surface area contributed by atoms with Gasteiger partial charge in [0.25, 0.3) is 0 Å². The molecule has 126 valence electrons. The highest BCUT2D eigenvalue weighted by molar-refractivity contribution is 8.00. The van der Waals surface area contributed by atoms with Crippen molar-refractivity contribution < 1.29 is 13.2 Å². The summed E-state index contributed by atoms with van der Waals surface area (Å²) in [5.41, 5.74) is 0.762. The molecular formula is C18H19NO3S2. The summed E-state index contributed by atoms with van der Waals surface area (Å²) < 4.78 is 23.7. The van der Waals surface area contributed by atoms with Crippen LogP contribution < -0.4 is 4.90 Å². The third-order valence-electron chi connectivity index (χ3n) is 3.98. The molecule has 0 spiro atoms. The molecule has 1 heterocycles. The van der Waals surface area contributed by atoms with E-state index in [0.29, 0.717) is 6.42 Å². The van der Waals surface area contributed by atoms with Gasteiger partial charge in [-0.1, -0.05) is 36.4 Å². The lowest BCUT2D eigenvalue weighted by Gasteiger charge is -2.28. The van der Waals surface area contributed by atoms with Gasteiger partial charge in [0.1, 0.15) is 0 Å². The zero-order valence-electron chi connectivity index (χ0n) is 13.2.